The third kappa shape index (κ3) is 3.75. The molecule has 0 fully saturated rings. The predicted octanol–water partition coefficient (Wildman–Crippen LogP) is 10.1. The quantitative estimate of drug-likeness (QED) is 0.183. The lowest BCUT2D eigenvalue weighted by Crippen LogP contribution is -2.57. The van der Waals surface area contributed by atoms with Gasteiger partial charge in [0, 0.05) is 38.8 Å². The van der Waals surface area contributed by atoms with Gasteiger partial charge in [0.2, 0.25) is 0 Å². The van der Waals surface area contributed by atoms with Crippen LogP contribution in [0.15, 0.2) is 162 Å². The normalized spacial score (nSPS) is 12.8. The van der Waals surface area contributed by atoms with Crippen molar-refractivity contribution in [2.24, 2.45) is 0 Å². The molecular formula is C44H26BNO3. The Labute approximate surface area is 282 Å². The first-order valence-electron chi connectivity index (χ1n) is 16.6. The minimum atomic E-state index is -0.0234. The summed E-state index contributed by atoms with van der Waals surface area (Å²) < 4.78 is 20.4. The van der Waals surface area contributed by atoms with Crippen LogP contribution in [0.5, 0.6) is 23.0 Å². The van der Waals surface area contributed by atoms with Crippen molar-refractivity contribution >= 4 is 83.6 Å². The molecule has 0 spiro atoms. The van der Waals surface area contributed by atoms with E-state index in [0.29, 0.717) is 0 Å². The molecule has 5 heteroatoms. The average Bonchev–Trinajstić information content (AvgIpc) is 3.54. The fourth-order valence-electron chi connectivity index (χ4n) is 8.08. The molecule has 3 heterocycles. The van der Waals surface area contributed by atoms with Gasteiger partial charge in [0.1, 0.15) is 22.8 Å². The van der Waals surface area contributed by atoms with Gasteiger partial charge in [-0.05, 0) is 58.1 Å². The van der Waals surface area contributed by atoms with Gasteiger partial charge in [-0.2, -0.15) is 0 Å². The third-order valence-corrected chi connectivity index (χ3v) is 10.1. The molecule has 9 aromatic rings. The van der Waals surface area contributed by atoms with Gasteiger partial charge in [-0.1, -0.05) is 115 Å². The Morgan fingerprint density at radius 1 is 0.469 bits per heavy atom. The summed E-state index contributed by atoms with van der Waals surface area (Å²) in [6.45, 7) is -0.0234. The Morgan fingerprint density at radius 3 is 1.94 bits per heavy atom. The molecule has 1 aromatic heterocycles. The van der Waals surface area contributed by atoms with Crippen molar-refractivity contribution in [3.63, 3.8) is 0 Å². The second-order valence-corrected chi connectivity index (χ2v) is 12.8. The molecule has 0 saturated heterocycles. The van der Waals surface area contributed by atoms with Crippen molar-refractivity contribution in [3.05, 3.63) is 158 Å². The number of rotatable bonds is 3. The molecular weight excluding hydrogens is 601 g/mol. The summed E-state index contributed by atoms with van der Waals surface area (Å²) in [7, 11) is 0. The highest BCUT2D eigenvalue weighted by molar-refractivity contribution is 6.98. The molecule has 0 radical (unpaired) electrons. The smallest absolute Gasteiger partial charge is 0.260 e. The van der Waals surface area contributed by atoms with Gasteiger partial charge in [0.05, 0.1) is 11.4 Å². The van der Waals surface area contributed by atoms with Gasteiger partial charge in [0.15, 0.2) is 11.3 Å². The SMILES string of the molecule is c1ccc(N(c2cccc3ccccc23)c2cc3oc4c5c6c(cc4c3c3ccccc23)Oc2ccccc2B6c2ccccc2O5)cc1. The van der Waals surface area contributed by atoms with Crippen LogP contribution in [0.4, 0.5) is 17.1 Å². The van der Waals surface area contributed by atoms with E-state index in [1.54, 1.807) is 0 Å². The molecule has 228 valence electrons. The highest BCUT2D eigenvalue weighted by Gasteiger charge is 2.42. The van der Waals surface area contributed by atoms with E-state index < -0.39 is 0 Å². The lowest BCUT2D eigenvalue weighted by Gasteiger charge is -2.32. The summed E-state index contributed by atoms with van der Waals surface area (Å²) in [5.41, 5.74) is 8.00. The molecule has 4 nitrogen and oxygen atoms in total. The van der Waals surface area contributed by atoms with E-state index in [4.69, 9.17) is 13.9 Å². The summed E-state index contributed by atoms with van der Waals surface area (Å²) in [5.74, 6) is 3.24. The number of hydrogen-bond acceptors (Lipinski definition) is 4. The maximum absolute atomic E-state index is 6.98. The van der Waals surface area contributed by atoms with E-state index in [9.17, 15) is 0 Å². The van der Waals surface area contributed by atoms with Crippen LogP contribution in [-0.4, -0.2) is 6.71 Å². The molecule has 2 aliphatic rings. The van der Waals surface area contributed by atoms with Crippen molar-refractivity contribution in [2.75, 3.05) is 4.90 Å². The van der Waals surface area contributed by atoms with E-state index in [1.165, 1.54) is 10.8 Å². The number of fused-ring (bicyclic) bond motifs is 11. The molecule has 0 N–H and O–H groups in total. The lowest BCUT2D eigenvalue weighted by molar-refractivity contribution is 0.462. The molecule has 0 atom stereocenters. The van der Waals surface area contributed by atoms with Crippen LogP contribution in [0, 0.1) is 0 Å². The average molecular weight is 628 g/mol. The van der Waals surface area contributed by atoms with Crippen LogP contribution >= 0.6 is 0 Å². The minimum Gasteiger partial charge on any atom is -0.458 e. The van der Waals surface area contributed by atoms with Crippen LogP contribution < -0.4 is 30.8 Å². The summed E-state index contributed by atoms with van der Waals surface area (Å²) in [4.78, 5) is 2.36. The zero-order valence-corrected chi connectivity index (χ0v) is 26.3. The van der Waals surface area contributed by atoms with Crippen molar-refractivity contribution in [1.82, 2.24) is 0 Å². The molecule has 0 saturated carbocycles. The van der Waals surface area contributed by atoms with Crippen LogP contribution in [0.2, 0.25) is 0 Å². The molecule has 0 amide bonds. The largest absolute Gasteiger partial charge is 0.458 e. The number of anilines is 3. The fourth-order valence-corrected chi connectivity index (χ4v) is 8.08. The molecule has 0 aliphatic carbocycles. The Hall–Kier alpha value is -6.46. The zero-order valence-electron chi connectivity index (χ0n) is 26.3. The number of para-hydroxylation sites is 3. The Kier molecular flexibility index (Phi) is 5.44. The lowest BCUT2D eigenvalue weighted by atomic mass is 9.35. The molecule has 2 aliphatic heterocycles. The zero-order chi connectivity index (χ0) is 32.1. The van der Waals surface area contributed by atoms with Gasteiger partial charge >= 0.3 is 0 Å². The van der Waals surface area contributed by atoms with Crippen LogP contribution in [0.25, 0.3) is 43.5 Å². The van der Waals surface area contributed by atoms with Gasteiger partial charge < -0.3 is 18.8 Å². The van der Waals surface area contributed by atoms with Crippen molar-refractivity contribution in [3.8, 4) is 23.0 Å². The first-order valence-corrected chi connectivity index (χ1v) is 16.6. The number of furan rings is 1. The van der Waals surface area contributed by atoms with E-state index in [1.807, 2.05) is 18.2 Å². The second-order valence-electron chi connectivity index (χ2n) is 12.8. The highest BCUT2D eigenvalue weighted by Crippen LogP contribution is 2.49. The minimum absolute atomic E-state index is 0.0234. The van der Waals surface area contributed by atoms with Gasteiger partial charge in [-0.15, -0.1) is 0 Å². The van der Waals surface area contributed by atoms with E-state index in [0.717, 1.165) is 89.2 Å². The Balaban J connectivity index is 1.23. The van der Waals surface area contributed by atoms with E-state index in [2.05, 4.69) is 144 Å². The Bertz CT molecular complexity index is 2790. The van der Waals surface area contributed by atoms with Gasteiger partial charge in [0.25, 0.3) is 6.71 Å². The van der Waals surface area contributed by atoms with Crippen molar-refractivity contribution in [2.45, 2.75) is 0 Å². The van der Waals surface area contributed by atoms with Gasteiger partial charge in [-0.3, -0.25) is 0 Å². The van der Waals surface area contributed by atoms with Crippen LogP contribution in [0.1, 0.15) is 0 Å². The predicted molar refractivity (Wildman–Crippen MR) is 201 cm³/mol. The van der Waals surface area contributed by atoms with Crippen LogP contribution in [-0.2, 0) is 0 Å². The number of benzene rings is 8. The molecule has 11 rings (SSSR count). The maximum atomic E-state index is 6.98. The topological polar surface area (TPSA) is 34.8 Å². The van der Waals surface area contributed by atoms with Crippen molar-refractivity contribution in [1.29, 1.82) is 0 Å². The molecule has 8 aromatic carbocycles. The number of nitrogens with zero attached hydrogens (tertiary/aromatic N) is 1. The molecule has 0 bridgehead atoms. The molecule has 0 unspecified atom stereocenters. The maximum Gasteiger partial charge on any atom is 0.260 e. The summed E-state index contributed by atoms with van der Waals surface area (Å²) in [5, 5.41) is 6.60. The fraction of sp³-hybridized carbons (Fsp3) is 0. The standard InChI is InChI=1S/C44H26BNO3/c1-2-15-28(16-3-1)46(35-22-12-14-27-13-4-5-17-29(27)35)36-26-39-41(31-19-7-6-18-30(31)36)32-25-40-42-44(43(32)49-39)48-38-24-11-9-21-34(38)45(42)33-20-8-10-23-37(33)47-40/h1-26H. The highest BCUT2D eigenvalue weighted by atomic mass is 16.5. The summed E-state index contributed by atoms with van der Waals surface area (Å²) >= 11 is 0. The number of ether oxygens (including phenoxy) is 2. The van der Waals surface area contributed by atoms with Crippen LogP contribution in [0.3, 0.4) is 0 Å². The Morgan fingerprint density at radius 2 is 1.12 bits per heavy atom. The summed E-state index contributed by atoms with van der Waals surface area (Å²) in [6, 6.07) is 55.2. The molecule has 49 heavy (non-hydrogen) atoms. The van der Waals surface area contributed by atoms with E-state index in [-0.39, 0.29) is 6.71 Å². The summed E-state index contributed by atoms with van der Waals surface area (Å²) in [6.07, 6.45) is 0. The second kappa shape index (κ2) is 10.0. The monoisotopic (exact) mass is 627 g/mol. The first kappa shape index (κ1) is 26.6. The number of hydrogen-bond donors (Lipinski definition) is 0. The third-order valence-electron chi connectivity index (χ3n) is 10.1. The van der Waals surface area contributed by atoms with E-state index >= 15 is 0 Å². The first-order chi connectivity index (χ1) is 24.3. The van der Waals surface area contributed by atoms with Crippen molar-refractivity contribution < 1.29 is 13.9 Å². The van der Waals surface area contributed by atoms with Gasteiger partial charge in [-0.25, -0.2) is 0 Å².